The minimum atomic E-state index is -0.192. The van der Waals surface area contributed by atoms with Crippen molar-refractivity contribution in [2.24, 2.45) is 5.41 Å². The van der Waals surface area contributed by atoms with Gasteiger partial charge in [-0.3, -0.25) is 4.79 Å². The normalized spacial score (nSPS) is 24.1. The quantitative estimate of drug-likeness (QED) is 0.684. The molecule has 0 bridgehead atoms. The Balaban J connectivity index is 1.17. The molecule has 1 spiro atoms. The number of hydrogen-bond acceptors (Lipinski definition) is 3. The van der Waals surface area contributed by atoms with Crippen LogP contribution in [0.1, 0.15) is 47.2 Å². The number of nitriles is 1. The van der Waals surface area contributed by atoms with Gasteiger partial charge in [0.2, 0.25) is 0 Å². The lowest BCUT2D eigenvalue weighted by Crippen LogP contribution is -2.61. The van der Waals surface area contributed by atoms with Crippen molar-refractivity contribution in [3.8, 4) is 6.07 Å². The van der Waals surface area contributed by atoms with Crippen LogP contribution in [-0.4, -0.2) is 24.0 Å². The minimum absolute atomic E-state index is 0.129. The highest BCUT2D eigenvalue weighted by Crippen LogP contribution is 2.55. The van der Waals surface area contributed by atoms with Crippen LogP contribution in [0, 0.1) is 16.7 Å². The van der Waals surface area contributed by atoms with Crippen LogP contribution in [0.25, 0.3) is 0 Å². The molecule has 0 atom stereocenters. The molecule has 154 valence electrons. The lowest BCUT2D eigenvalue weighted by molar-refractivity contribution is -0.0236. The average Bonchev–Trinajstić information content (AvgIpc) is 2.70. The first-order valence-corrected chi connectivity index (χ1v) is 10.4. The molecule has 6 nitrogen and oxygen atoms in total. The summed E-state index contributed by atoms with van der Waals surface area (Å²) in [5.41, 5.74) is 2.03. The summed E-state index contributed by atoms with van der Waals surface area (Å²) >= 11 is 5.86. The number of rotatable bonds is 5. The molecule has 0 aliphatic heterocycles. The van der Waals surface area contributed by atoms with Crippen molar-refractivity contribution in [1.29, 1.82) is 5.26 Å². The van der Waals surface area contributed by atoms with E-state index in [1.807, 2.05) is 12.1 Å². The predicted molar refractivity (Wildman–Crippen MR) is 114 cm³/mol. The highest BCUT2D eigenvalue weighted by atomic mass is 35.5. The number of carbonyl (C=O) groups is 2. The zero-order valence-electron chi connectivity index (χ0n) is 16.5. The Hall–Kier alpha value is -3.04. The molecule has 2 fully saturated rings. The molecule has 2 saturated carbocycles. The van der Waals surface area contributed by atoms with Crippen LogP contribution in [0.15, 0.2) is 48.5 Å². The SMILES string of the molecule is N#Cc1ccccc1C(=O)NC1CC2(CC(NC(=O)NCc3ccc(Cl)cc3)C2)C1. The minimum Gasteiger partial charge on any atom is -0.349 e. The summed E-state index contributed by atoms with van der Waals surface area (Å²) in [6.07, 6.45) is 3.70. The molecular weight excluding hydrogens is 400 g/mol. The second-order valence-electron chi connectivity index (χ2n) is 8.29. The molecule has 4 rings (SSSR count). The zero-order chi connectivity index (χ0) is 21.1. The van der Waals surface area contributed by atoms with E-state index in [1.54, 1.807) is 36.4 Å². The third-order valence-corrected chi connectivity index (χ3v) is 6.30. The van der Waals surface area contributed by atoms with Crippen LogP contribution in [0.5, 0.6) is 0 Å². The van der Waals surface area contributed by atoms with Crippen LogP contribution in [-0.2, 0) is 6.54 Å². The first kappa shape index (κ1) is 20.2. The number of halogens is 1. The number of hydrogen-bond donors (Lipinski definition) is 3. The second kappa shape index (κ2) is 8.37. The van der Waals surface area contributed by atoms with Crippen LogP contribution >= 0.6 is 11.6 Å². The van der Waals surface area contributed by atoms with E-state index in [4.69, 9.17) is 16.9 Å². The number of urea groups is 1. The smallest absolute Gasteiger partial charge is 0.315 e. The van der Waals surface area contributed by atoms with E-state index < -0.39 is 0 Å². The summed E-state index contributed by atoms with van der Waals surface area (Å²) in [7, 11) is 0. The summed E-state index contributed by atoms with van der Waals surface area (Å²) in [4.78, 5) is 24.5. The predicted octanol–water partition coefficient (Wildman–Crippen LogP) is 3.75. The molecule has 3 N–H and O–H groups in total. The molecule has 2 aromatic rings. The van der Waals surface area contributed by atoms with Gasteiger partial charge in [0, 0.05) is 23.7 Å². The Kier molecular flexibility index (Phi) is 5.65. The van der Waals surface area contributed by atoms with Crippen molar-refractivity contribution in [1.82, 2.24) is 16.0 Å². The summed E-state index contributed by atoms with van der Waals surface area (Å²) < 4.78 is 0. The maximum Gasteiger partial charge on any atom is 0.315 e. The van der Waals surface area contributed by atoms with Crippen LogP contribution in [0.4, 0.5) is 4.79 Å². The maximum absolute atomic E-state index is 12.4. The molecule has 7 heteroatoms. The maximum atomic E-state index is 12.4. The van der Waals surface area contributed by atoms with E-state index in [1.165, 1.54) is 0 Å². The molecule has 2 aromatic carbocycles. The summed E-state index contributed by atoms with van der Waals surface area (Å²) in [6, 6.07) is 16.4. The summed E-state index contributed by atoms with van der Waals surface area (Å²) in [5, 5.41) is 18.7. The molecule has 0 heterocycles. The molecule has 0 radical (unpaired) electrons. The van der Waals surface area contributed by atoms with E-state index in [9.17, 15) is 9.59 Å². The lowest BCUT2D eigenvalue weighted by Gasteiger charge is -2.57. The largest absolute Gasteiger partial charge is 0.349 e. The third kappa shape index (κ3) is 4.42. The molecular formula is C23H23ClN4O2. The Morgan fingerprint density at radius 1 is 1.00 bits per heavy atom. The fourth-order valence-electron chi connectivity index (χ4n) is 4.57. The Morgan fingerprint density at radius 3 is 2.30 bits per heavy atom. The number of nitrogens with zero attached hydrogens (tertiary/aromatic N) is 1. The van der Waals surface area contributed by atoms with Gasteiger partial charge in [0.25, 0.3) is 5.91 Å². The van der Waals surface area contributed by atoms with Gasteiger partial charge in [-0.1, -0.05) is 35.9 Å². The first-order valence-electron chi connectivity index (χ1n) is 10.1. The van der Waals surface area contributed by atoms with E-state index in [-0.39, 0.29) is 29.4 Å². The Bertz CT molecular complexity index is 985. The van der Waals surface area contributed by atoms with Crippen molar-refractivity contribution in [2.75, 3.05) is 0 Å². The van der Waals surface area contributed by atoms with Gasteiger partial charge in [-0.2, -0.15) is 5.26 Å². The lowest BCUT2D eigenvalue weighted by atomic mass is 9.52. The first-order chi connectivity index (χ1) is 14.5. The molecule has 0 saturated heterocycles. The standard InChI is InChI=1S/C23H23ClN4O2/c24-17-7-5-15(6-8-17)14-26-22(30)28-19-11-23(12-19)9-18(10-23)27-21(29)20-4-2-1-3-16(20)13-25/h1-8,18-19H,9-12,14H2,(H,27,29)(H2,26,28,30). The van der Waals surface area contributed by atoms with Gasteiger partial charge in [0.1, 0.15) is 0 Å². The molecule has 0 unspecified atom stereocenters. The topological polar surface area (TPSA) is 94.0 Å². The number of amides is 3. The molecule has 30 heavy (non-hydrogen) atoms. The van der Waals surface area contributed by atoms with Crippen LogP contribution in [0.2, 0.25) is 5.02 Å². The molecule has 2 aliphatic rings. The number of nitrogens with one attached hydrogen (secondary N) is 3. The van der Waals surface area contributed by atoms with Gasteiger partial charge < -0.3 is 16.0 Å². The van der Waals surface area contributed by atoms with Gasteiger partial charge in [-0.15, -0.1) is 0 Å². The molecule has 3 amide bonds. The third-order valence-electron chi connectivity index (χ3n) is 6.05. The average molecular weight is 423 g/mol. The van der Waals surface area contributed by atoms with Gasteiger partial charge >= 0.3 is 6.03 Å². The van der Waals surface area contributed by atoms with Gasteiger partial charge in [0.05, 0.1) is 17.2 Å². The van der Waals surface area contributed by atoms with E-state index in [0.717, 1.165) is 31.2 Å². The Labute approximate surface area is 180 Å². The zero-order valence-corrected chi connectivity index (χ0v) is 17.2. The highest BCUT2D eigenvalue weighted by Gasteiger charge is 2.53. The fourth-order valence-corrected chi connectivity index (χ4v) is 4.70. The van der Waals surface area contributed by atoms with Crippen molar-refractivity contribution < 1.29 is 9.59 Å². The van der Waals surface area contributed by atoms with E-state index in [0.29, 0.717) is 22.7 Å². The second-order valence-corrected chi connectivity index (χ2v) is 8.73. The Morgan fingerprint density at radius 2 is 1.63 bits per heavy atom. The summed E-state index contributed by atoms with van der Waals surface area (Å²) in [6.45, 7) is 0.457. The van der Waals surface area contributed by atoms with Crippen molar-refractivity contribution in [3.05, 3.63) is 70.2 Å². The van der Waals surface area contributed by atoms with Crippen LogP contribution < -0.4 is 16.0 Å². The van der Waals surface area contributed by atoms with Gasteiger partial charge in [-0.25, -0.2) is 4.79 Å². The monoisotopic (exact) mass is 422 g/mol. The highest BCUT2D eigenvalue weighted by molar-refractivity contribution is 6.30. The number of carbonyl (C=O) groups excluding carboxylic acids is 2. The fraction of sp³-hybridized carbons (Fsp3) is 0.348. The van der Waals surface area contributed by atoms with Gasteiger partial charge in [-0.05, 0) is 60.9 Å². The van der Waals surface area contributed by atoms with Crippen molar-refractivity contribution in [3.63, 3.8) is 0 Å². The van der Waals surface area contributed by atoms with Crippen LogP contribution in [0.3, 0.4) is 0 Å². The van der Waals surface area contributed by atoms with Gasteiger partial charge in [0.15, 0.2) is 0 Å². The van der Waals surface area contributed by atoms with Crippen molar-refractivity contribution >= 4 is 23.5 Å². The summed E-state index contributed by atoms with van der Waals surface area (Å²) in [5.74, 6) is -0.192. The number of benzene rings is 2. The molecule has 0 aromatic heterocycles. The van der Waals surface area contributed by atoms with Crippen molar-refractivity contribution in [2.45, 2.75) is 44.3 Å². The van der Waals surface area contributed by atoms with E-state index in [2.05, 4.69) is 22.0 Å². The molecule has 2 aliphatic carbocycles. The van der Waals surface area contributed by atoms with E-state index >= 15 is 0 Å².